The van der Waals surface area contributed by atoms with Crippen LogP contribution >= 0.6 is 0 Å². The number of aliphatic hydroxyl groups is 1. The van der Waals surface area contributed by atoms with E-state index in [0.717, 1.165) is 17.5 Å². The Morgan fingerprint density at radius 2 is 1.18 bits per heavy atom. The van der Waals surface area contributed by atoms with Gasteiger partial charge in [-0.2, -0.15) is 16.8 Å². The van der Waals surface area contributed by atoms with Crippen LogP contribution in [0.5, 0.6) is 0 Å². The number of rotatable bonds is 9. The molecule has 9 nitrogen and oxygen atoms in total. The van der Waals surface area contributed by atoms with Crippen molar-refractivity contribution in [1.29, 1.82) is 0 Å². The summed E-state index contributed by atoms with van der Waals surface area (Å²) in [5, 5.41) is 13.2. The minimum absolute atomic E-state index is 0.0666. The van der Waals surface area contributed by atoms with Gasteiger partial charge >= 0.3 is 0 Å². The number of aliphatic hydroxyl groups excluding tert-OH is 1. The lowest BCUT2D eigenvalue weighted by Crippen LogP contribution is -2.45. The summed E-state index contributed by atoms with van der Waals surface area (Å²) in [4.78, 5) is -0.133. The zero-order valence-corrected chi connectivity index (χ0v) is 24.4. The minimum Gasteiger partial charge on any atom is -0.390 e. The third-order valence-electron chi connectivity index (χ3n) is 5.73. The first-order chi connectivity index (χ1) is 18.1. The van der Waals surface area contributed by atoms with E-state index in [1.54, 1.807) is 24.3 Å². The van der Waals surface area contributed by atoms with Crippen molar-refractivity contribution in [2.24, 2.45) is 5.73 Å². The molecule has 6 N–H and O–H groups in total. The fraction of sp³-hybridized carbons (Fsp3) is 0.357. The molecule has 39 heavy (non-hydrogen) atoms. The van der Waals surface area contributed by atoms with Gasteiger partial charge in [0.2, 0.25) is 0 Å². The average Bonchev–Trinajstić information content (AvgIpc) is 2.88. The molecule has 3 rings (SSSR count). The van der Waals surface area contributed by atoms with Crippen LogP contribution in [-0.2, 0) is 26.7 Å². The topological polar surface area (TPSA) is 167 Å². The molecule has 0 aliphatic heterocycles. The molecular formula is C28H40N2O7S2. The highest BCUT2D eigenvalue weighted by Gasteiger charge is 2.15. The summed E-state index contributed by atoms with van der Waals surface area (Å²) in [6.07, 6.45) is 1.27. The number of benzene rings is 3. The Morgan fingerprint density at radius 3 is 1.54 bits per heavy atom. The first-order valence-corrected chi connectivity index (χ1v) is 15.3. The van der Waals surface area contributed by atoms with E-state index in [9.17, 15) is 21.9 Å². The van der Waals surface area contributed by atoms with Crippen LogP contribution in [-0.4, -0.2) is 55.8 Å². The first-order valence-electron chi connectivity index (χ1n) is 12.4. The minimum atomic E-state index is -4.02. The molecule has 0 saturated carbocycles. The maximum atomic E-state index is 10.5. The molecule has 0 radical (unpaired) electrons. The Labute approximate surface area is 232 Å². The molecule has 3 aromatic rings. The standard InChI is InChI=1S/C14H24N2O.2C7H8O3S/c1-3-11(2)16-10-14(17)13(15)9-12-7-5-4-6-8-12;2*1-6-2-4-7(5-3-6)11(8,9)10/h4-8,11,13-14,16-17H,3,9-10,15H2,1-2H3;2*2-5H,1H3,(H,8,9,10)/t11?,13-,14+;;/m0../s1. The van der Waals surface area contributed by atoms with E-state index in [4.69, 9.17) is 14.8 Å². The molecule has 0 heterocycles. The summed E-state index contributed by atoms with van der Waals surface area (Å²) in [5.41, 5.74) is 9.07. The summed E-state index contributed by atoms with van der Waals surface area (Å²) in [6, 6.07) is 22.2. The number of hydrogen-bond acceptors (Lipinski definition) is 7. The van der Waals surface area contributed by atoms with Crippen molar-refractivity contribution in [3.05, 3.63) is 95.6 Å². The van der Waals surface area contributed by atoms with Gasteiger partial charge in [0.25, 0.3) is 20.2 Å². The average molecular weight is 581 g/mol. The second-order valence-electron chi connectivity index (χ2n) is 9.21. The Hall–Kier alpha value is -2.64. The zero-order valence-electron chi connectivity index (χ0n) is 22.7. The van der Waals surface area contributed by atoms with Gasteiger partial charge < -0.3 is 16.2 Å². The quantitative estimate of drug-likeness (QED) is 0.237. The highest BCUT2D eigenvalue weighted by Crippen LogP contribution is 2.09. The number of nitrogens with one attached hydrogen (secondary N) is 1. The van der Waals surface area contributed by atoms with E-state index < -0.39 is 26.3 Å². The fourth-order valence-electron chi connectivity index (χ4n) is 3.06. The van der Waals surface area contributed by atoms with Crippen molar-refractivity contribution in [3.63, 3.8) is 0 Å². The van der Waals surface area contributed by atoms with Gasteiger partial charge in [-0.3, -0.25) is 9.11 Å². The number of nitrogens with two attached hydrogens (primary N) is 1. The van der Waals surface area contributed by atoms with Crippen molar-refractivity contribution in [2.75, 3.05) is 6.54 Å². The van der Waals surface area contributed by atoms with Gasteiger partial charge in [0.1, 0.15) is 0 Å². The van der Waals surface area contributed by atoms with Crippen LogP contribution in [0.1, 0.15) is 37.0 Å². The highest BCUT2D eigenvalue weighted by molar-refractivity contribution is 7.86. The lowest BCUT2D eigenvalue weighted by Gasteiger charge is -2.21. The first kappa shape index (κ1) is 34.4. The predicted molar refractivity (Wildman–Crippen MR) is 154 cm³/mol. The van der Waals surface area contributed by atoms with Gasteiger partial charge in [0, 0.05) is 18.6 Å². The number of hydrogen-bond donors (Lipinski definition) is 5. The summed E-state index contributed by atoms with van der Waals surface area (Å²) in [7, 11) is -8.04. The van der Waals surface area contributed by atoms with Crippen LogP contribution in [0.15, 0.2) is 88.7 Å². The Morgan fingerprint density at radius 1 is 0.769 bits per heavy atom. The van der Waals surface area contributed by atoms with Crippen LogP contribution in [0.25, 0.3) is 0 Å². The molecule has 0 amide bonds. The lowest BCUT2D eigenvalue weighted by molar-refractivity contribution is 0.138. The maximum absolute atomic E-state index is 10.5. The number of aryl methyl sites for hydroxylation is 2. The van der Waals surface area contributed by atoms with Gasteiger partial charge in [0.05, 0.1) is 15.9 Å². The van der Waals surface area contributed by atoms with Crippen LogP contribution in [0.2, 0.25) is 0 Å². The summed E-state index contributed by atoms with van der Waals surface area (Å²) < 4.78 is 59.1. The second-order valence-corrected chi connectivity index (χ2v) is 12.1. The van der Waals surface area contributed by atoms with Gasteiger partial charge in [-0.25, -0.2) is 0 Å². The van der Waals surface area contributed by atoms with Crippen LogP contribution in [0.4, 0.5) is 0 Å². The van der Waals surface area contributed by atoms with Crippen molar-refractivity contribution in [1.82, 2.24) is 5.32 Å². The summed E-state index contributed by atoms with van der Waals surface area (Å²) >= 11 is 0. The Balaban J connectivity index is 0.000000304. The largest absolute Gasteiger partial charge is 0.390 e. The smallest absolute Gasteiger partial charge is 0.294 e. The highest BCUT2D eigenvalue weighted by atomic mass is 32.2. The van der Waals surface area contributed by atoms with Crippen molar-refractivity contribution in [3.8, 4) is 0 Å². The van der Waals surface area contributed by atoms with Crippen molar-refractivity contribution >= 4 is 20.2 Å². The Bertz CT molecular complexity index is 1240. The van der Waals surface area contributed by atoms with E-state index in [0.29, 0.717) is 19.0 Å². The molecule has 3 aromatic carbocycles. The molecule has 11 heteroatoms. The summed E-state index contributed by atoms with van der Waals surface area (Å²) in [6.45, 7) is 8.47. The fourth-order valence-corrected chi connectivity index (χ4v) is 4.02. The van der Waals surface area contributed by atoms with Gasteiger partial charge in [-0.05, 0) is 63.4 Å². The van der Waals surface area contributed by atoms with E-state index in [1.165, 1.54) is 29.8 Å². The zero-order chi connectivity index (χ0) is 29.6. The monoisotopic (exact) mass is 580 g/mol. The molecule has 0 fully saturated rings. The third kappa shape index (κ3) is 14.4. The van der Waals surface area contributed by atoms with E-state index >= 15 is 0 Å². The van der Waals surface area contributed by atoms with Crippen molar-refractivity contribution < 1.29 is 31.0 Å². The second kappa shape index (κ2) is 16.5. The molecule has 3 atom stereocenters. The maximum Gasteiger partial charge on any atom is 0.294 e. The summed E-state index contributed by atoms with van der Waals surface area (Å²) in [5.74, 6) is 0. The SMILES string of the molecule is CCC(C)NC[C@@H](O)[C@@H](N)Cc1ccccc1.Cc1ccc(S(=O)(=O)O)cc1.Cc1ccc(S(=O)(=O)O)cc1. The molecule has 0 spiro atoms. The van der Waals surface area contributed by atoms with Crippen LogP contribution < -0.4 is 11.1 Å². The van der Waals surface area contributed by atoms with Crippen LogP contribution in [0, 0.1) is 13.8 Å². The molecule has 0 saturated heterocycles. The molecule has 0 aromatic heterocycles. The van der Waals surface area contributed by atoms with E-state index in [1.807, 2.05) is 44.2 Å². The van der Waals surface area contributed by atoms with Gasteiger partial charge in [-0.15, -0.1) is 0 Å². The predicted octanol–water partition coefficient (Wildman–Crippen LogP) is 3.79. The molecule has 216 valence electrons. The Kier molecular flexibility index (Phi) is 14.5. The van der Waals surface area contributed by atoms with Gasteiger partial charge in [-0.1, -0.05) is 72.6 Å². The third-order valence-corrected chi connectivity index (χ3v) is 7.47. The lowest BCUT2D eigenvalue weighted by atomic mass is 10.0. The van der Waals surface area contributed by atoms with E-state index in [2.05, 4.69) is 19.2 Å². The van der Waals surface area contributed by atoms with E-state index in [-0.39, 0.29) is 15.8 Å². The normalized spacial score (nSPS) is 13.6. The molecule has 0 aliphatic carbocycles. The molecule has 0 bridgehead atoms. The van der Waals surface area contributed by atoms with Crippen molar-refractivity contribution in [2.45, 2.75) is 68.5 Å². The van der Waals surface area contributed by atoms with Gasteiger partial charge in [0.15, 0.2) is 0 Å². The molecule has 1 unspecified atom stereocenters. The molecular weight excluding hydrogens is 540 g/mol. The van der Waals surface area contributed by atoms with Crippen LogP contribution in [0.3, 0.4) is 0 Å². The molecule has 0 aliphatic rings.